The smallest absolute Gasteiger partial charge is 0.409 e. The van der Waals surface area contributed by atoms with Crippen LogP contribution >= 0.6 is 0 Å². The zero-order valence-electron chi connectivity index (χ0n) is 13.9. The summed E-state index contributed by atoms with van der Waals surface area (Å²) in [6.07, 6.45) is 4.95. The number of nitrogens with one attached hydrogen (secondary N) is 2. The number of methoxy groups -OCH3 is 1. The number of urea groups is 1. The first-order valence-electron chi connectivity index (χ1n) is 8.41. The third-order valence-corrected chi connectivity index (χ3v) is 5.21. The average molecular weight is 311 g/mol. The molecule has 6 heteroatoms. The van der Waals surface area contributed by atoms with Crippen LogP contribution in [0.1, 0.15) is 46.0 Å². The zero-order chi connectivity index (χ0) is 16.1. The Labute approximate surface area is 132 Å². The minimum atomic E-state index is -0.318. The van der Waals surface area contributed by atoms with E-state index in [1.165, 1.54) is 20.0 Å². The van der Waals surface area contributed by atoms with Gasteiger partial charge < -0.3 is 20.3 Å². The SMILES string of the molecule is COC(=O)N1CCCC(NC(=O)NC2CCCC(C)C2C)C1. The highest BCUT2D eigenvalue weighted by molar-refractivity contribution is 5.75. The first kappa shape index (κ1) is 16.9. The van der Waals surface area contributed by atoms with Gasteiger partial charge in [-0.2, -0.15) is 0 Å². The molecule has 22 heavy (non-hydrogen) atoms. The van der Waals surface area contributed by atoms with Gasteiger partial charge in [0.15, 0.2) is 0 Å². The van der Waals surface area contributed by atoms with Crippen molar-refractivity contribution in [2.24, 2.45) is 11.8 Å². The molecule has 0 radical (unpaired) electrons. The summed E-state index contributed by atoms with van der Waals surface area (Å²) in [6.45, 7) is 5.69. The molecule has 1 heterocycles. The Morgan fingerprint density at radius 1 is 1.09 bits per heavy atom. The summed E-state index contributed by atoms with van der Waals surface area (Å²) in [5.74, 6) is 1.17. The van der Waals surface area contributed by atoms with Gasteiger partial charge in [0, 0.05) is 25.2 Å². The molecule has 2 fully saturated rings. The van der Waals surface area contributed by atoms with Crippen LogP contribution < -0.4 is 10.6 Å². The monoisotopic (exact) mass is 311 g/mol. The number of hydrogen-bond donors (Lipinski definition) is 2. The molecule has 0 bridgehead atoms. The maximum absolute atomic E-state index is 12.2. The van der Waals surface area contributed by atoms with E-state index in [4.69, 9.17) is 4.74 Å². The van der Waals surface area contributed by atoms with Gasteiger partial charge in [-0.1, -0.05) is 26.7 Å². The highest BCUT2D eigenvalue weighted by Gasteiger charge is 2.30. The Kier molecular flexibility index (Phi) is 5.91. The minimum Gasteiger partial charge on any atom is -0.453 e. The van der Waals surface area contributed by atoms with Crippen molar-refractivity contribution in [1.82, 2.24) is 15.5 Å². The molecule has 0 aromatic carbocycles. The molecule has 1 aliphatic carbocycles. The zero-order valence-corrected chi connectivity index (χ0v) is 13.9. The van der Waals surface area contributed by atoms with E-state index in [9.17, 15) is 9.59 Å². The van der Waals surface area contributed by atoms with Crippen LogP contribution in [-0.4, -0.2) is 49.3 Å². The van der Waals surface area contributed by atoms with Gasteiger partial charge in [0.05, 0.1) is 7.11 Å². The molecule has 1 aliphatic heterocycles. The highest BCUT2D eigenvalue weighted by atomic mass is 16.5. The van der Waals surface area contributed by atoms with E-state index < -0.39 is 0 Å². The molecule has 0 aromatic rings. The lowest BCUT2D eigenvalue weighted by molar-refractivity contribution is 0.107. The first-order valence-corrected chi connectivity index (χ1v) is 8.41. The van der Waals surface area contributed by atoms with Crippen molar-refractivity contribution in [3.63, 3.8) is 0 Å². The molecule has 0 spiro atoms. The van der Waals surface area contributed by atoms with Crippen molar-refractivity contribution in [1.29, 1.82) is 0 Å². The van der Waals surface area contributed by atoms with Crippen LogP contribution in [0.5, 0.6) is 0 Å². The number of amides is 3. The minimum absolute atomic E-state index is 0.00386. The number of hydrogen-bond acceptors (Lipinski definition) is 3. The fourth-order valence-electron chi connectivity index (χ4n) is 3.57. The van der Waals surface area contributed by atoms with E-state index in [0.29, 0.717) is 24.9 Å². The molecule has 4 unspecified atom stereocenters. The van der Waals surface area contributed by atoms with Gasteiger partial charge in [0.1, 0.15) is 0 Å². The maximum Gasteiger partial charge on any atom is 0.409 e. The molecule has 1 saturated carbocycles. The normalized spacial score (nSPS) is 32.2. The van der Waals surface area contributed by atoms with Gasteiger partial charge in [-0.25, -0.2) is 9.59 Å². The average Bonchev–Trinajstić information content (AvgIpc) is 2.51. The topological polar surface area (TPSA) is 70.7 Å². The molecule has 2 rings (SSSR count). The van der Waals surface area contributed by atoms with Gasteiger partial charge in [-0.05, 0) is 31.1 Å². The lowest BCUT2D eigenvalue weighted by Crippen LogP contribution is -2.54. The standard InChI is InChI=1S/C16H29N3O3/c1-11-6-4-8-14(12(11)2)18-15(20)17-13-7-5-9-19(10-13)16(21)22-3/h11-14H,4-10H2,1-3H3,(H2,17,18,20). The Morgan fingerprint density at radius 3 is 2.59 bits per heavy atom. The molecular formula is C16H29N3O3. The lowest BCUT2D eigenvalue weighted by Gasteiger charge is -2.36. The van der Waals surface area contributed by atoms with Crippen molar-refractivity contribution in [2.45, 2.75) is 58.0 Å². The second-order valence-corrected chi connectivity index (χ2v) is 6.75. The van der Waals surface area contributed by atoms with Crippen molar-refractivity contribution in [3.8, 4) is 0 Å². The van der Waals surface area contributed by atoms with Crippen LogP contribution in [-0.2, 0) is 4.74 Å². The van der Waals surface area contributed by atoms with Gasteiger partial charge in [0.2, 0.25) is 0 Å². The molecule has 6 nitrogen and oxygen atoms in total. The number of nitrogens with zero attached hydrogens (tertiary/aromatic N) is 1. The Morgan fingerprint density at radius 2 is 1.86 bits per heavy atom. The van der Waals surface area contributed by atoms with Crippen molar-refractivity contribution in [3.05, 3.63) is 0 Å². The highest BCUT2D eigenvalue weighted by Crippen LogP contribution is 2.29. The predicted octanol–water partition coefficient (Wildman–Crippen LogP) is 2.34. The van der Waals surface area contributed by atoms with Crippen LogP contribution in [0.15, 0.2) is 0 Å². The van der Waals surface area contributed by atoms with E-state index in [2.05, 4.69) is 24.5 Å². The summed E-state index contributed by atoms with van der Waals surface area (Å²) in [5, 5.41) is 6.13. The van der Waals surface area contributed by atoms with Gasteiger partial charge >= 0.3 is 12.1 Å². The third-order valence-electron chi connectivity index (χ3n) is 5.21. The van der Waals surface area contributed by atoms with Crippen LogP contribution in [0.4, 0.5) is 9.59 Å². The number of piperidine rings is 1. The summed E-state index contributed by atoms with van der Waals surface area (Å²) < 4.78 is 4.75. The van der Waals surface area contributed by atoms with E-state index in [1.807, 2.05) is 0 Å². The second kappa shape index (κ2) is 7.70. The molecule has 2 N–H and O–H groups in total. The fourth-order valence-corrected chi connectivity index (χ4v) is 3.57. The number of carbonyl (C=O) groups is 2. The van der Waals surface area contributed by atoms with Crippen LogP contribution in [0.3, 0.4) is 0 Å². The number of carbonyl (C=O) groups excluding carboxylic acids is 2. The Hall–Kier alpha value is -1.46. The van der Waals surface area contributed by atoms with Gasteiger partial charge in [-0.15, -0.1) is 0 Å². The van der Waals surface area contributed by atoms with E-state index in [-0.39, 0.29) is 24.2 Å². The molecule has 0 aromatic heterocycles. The molecular weight excluding hydrogens is 282 g/mol. The van der Waals surface area contributed by atoms with E-state index in [0.717, 1.165) is 19.3 Å². The molecule has 3 amide bonds. The quantitative estimate of drug-likeness (QED) is 0.822. The second-order valence-electron chi connectivity index (χ2n) is 6.75. The number of likely N-dealkylation sites (tertiary alicyclic amines) is 1. The third kappa shape index (κ3) is 4.27. The first-order chi connectivity index (χ1) is 10.5. The molecule has 126 valence electrons. The van der Waals surface area contributed by atoms with Crippen molar-refractivity contribution in [2.75, 3.05) is 20.2 Å². The van der Waals surface area contributed by atoms with Crippen LogP contribution in [0.2, 0.25) is 0 Å². The summed E-state index contributed by atoms with van der Waals surface area (Å²) in [5.41, 5.74) is 0. The van der Waals surface area contributed by atoms with Crippen molar-refractivity contribution < 1.29 is 14.3 Å². The Balaban J connectivity index is 1.80. The van der Waals surface area contributed by atoms with Gasteiger partial charge in [0.25, 0.3) is 0 Å². The number of rotatable bonds is 2. The lowest BCUT2D eigenvalue weighted by atomic mass is 9.78. The number of ether oxygens (including phenoxy) is 1. The maximum atomic E-state index is 12.2. The fraction of sp³-hybridized carbons (Fsp3) is 0.875. The summed E-state index contributed by atoms with van der Waals surface area (Å²) in [7, 11) is 1.39. The summed E-state index contributed by atoms with van der Waals surface area (Å²) >= 11 is 0. The predicted molar refractivity (Wildman–Crippen MR) is 84.6 cm³/mol. The Bertz CT molecular complexity index is 402. The van der Waals surface area contributed by atoms with Crippen molar-refractivity contribution >= 4 is 12.1 Å². The summed E-state index contributed by atoms with van der Waals surface area (Å²) in [6, 6.07) is 0.149. The molecule has 1 saturated heterocycles. The van der Waals surface area contributed by atoms with Crippen LogP contribution in [0, 0.1) is 11.8 Å². The van der Waals surface area contributed by atoms with E-state index in [1.54, 1.807) is 4.90 Å². The molecule has 2 aliphatic rings. The van der Waals surface area contributed by atoms with Crippen LogP contribution in [0.25, 0.3) is 0 Å². The largest absolute Gasteiger partial charge is 0.453 e. The van der Waals surface area contributed by atoms with E-state index >= 15 is 0 Å². The molecule has 4 atom stereocenters. The van der Waals surface area contributed by atoms with Gasteiger partial charge in [-0.3, -0.25) is 0 Å². The summed E-state index contributed by atoms with van der Waals surface area (Å²) in [4.78, 5) is 25.4.